The van der Waals surface area contributed by atoms with Gasteiger partial charge in [0.25, 0.3) is 0 Å². The van der Waals surface area contributed by atoms with Gasteiger partial charge in [0, 0.05) is 18.7 Å². The first kappa shape index (κ1) is 9.83. The van der Waals surface area contributed by atoms with Gasteiger partial charge in [-0.15, -0.1) is 0 Å². The summed E-state index contributed by atoms with van der Waals surface area (Å²) in [5, 5.41) is 0. The first-order chi connectivity index (χ1) is 7.22. The number of halogens is 1. The van der Waals surface area contributed by atoms with Gasteiger partial charge in [-0.25, -0.2) is 4.39 Å². The topological polar surface area (TPSA) is 37.4 Å². The molecule has 1 aromatic carbocycles. The summed E-state index contributed by atoms with van der Waals surface area (Å²) in [4.78, 5) is 23.3. The van der Waals surface area contributed by atoms with Crippen LogP contribution in [-0.2, 0) is 4.79 Å². The number of hydrogen-bond donors (Lipinski definition) is 0. The van der Waals surface area contributed by atoms with Gasteiger partial charge < -0.3 is 4.90 Å². The van der Waals surface area contributed by atoms with Crippen molar-refractivity contribution in [3.63, 3.8) is 0 Å². The largest absolute Gasteiger partial charge is 0.312 e. The van der Waals surface area contributed by atoms with Crippen LogP contribution in [-0.4, -0.2) is 18.7 Å². The first-order valence-corrected chi connectivity index (χ1v) is 4.77. The molecule has 1 aliphatic heterocycles. The zero-order valence-electron chi connectivity index (χ0n) is 8.07. The highest BCUT2D eigenvalue weighted by Crippen LogP contribution is 2.22. The Hall–Kier alpha value is -1.71. The molecule has 0 N–H and O–H groups in total. The fourth-order valence-electron chi connectivity index (χ4n) is 1.70. The van der Waals surface area contributed by atoms with Crippen LogP contribution in [0.3, 0.4) is 0 Å². The Morgan fingerprint density at radius 3 is 2.73 bits per heavy atom. The number of aldehydes is 1. The zero-order chi connectivity index (χ0) is 10.8. The maximum Gasteiger partial charge on any atom is 0.227 e. The Balaban J connectivity index is 2.33. The maximum atomic E-state index is 13.3. The highest BCUT2D eigenvalue weighted by molar-refractivity contribution is 5.95. The fourth-order valence-corrected chi connectivity index (χ4v) is 1.70. The lowest BCUT2D eigenvalue weighted by atomic mass is 10.2. The van der Waals surface area contributed by atoms with Gasteiger partial charge in [-0.1, -0.05) is 0 Å². The number of nitrogens with zero attached hydrogens (tertiary/aromatic N) is 1. The molecule has 0 spiro atoms. The molecule has 1 amide bonds. The van der Waals surface area contributed by atoms with Crippen LogP contribution in [0, 0.1) is 5.82 Å². The summed E-state index contributed by atoms with van der Waals surface area (Å²) in [6, 6.07) is 4.21. The van der Waals surface area contributed by atoms with Crippen LogP contribution < -0.4 is 4.90 Å². The van der Waals surface area contributed by atoms with Crippen LogP contribution in [0.2, 0.25) is 0 Å². The third-order valence-electron chi connectivity index (χ3n) is 2.50. The molecule has 0 atom stereocenters. The monoisotopic (exact) mass is 207 g/mol. The Kier molecular flexibility index (Phi) is 2.49. The summed E-state index contributed by atoms with van der Waals surface area (Å²) in [7, 11) is 0. The van der Waals surface area contributed by atoms with E-state index >= 15 is 0 Å². The van der Waals surface area contributed by atoms with Crippen LogP contribution in [0.4, 0.5) is 10.1 Å². The van der Waals surface area contributed by atoms with Crippen molar-refractivity contribution in [1.82, 2.24) is 0 Å². The van der Waals surface area contributed by atoms with E-state index in [1.54, 1.807) is 6.07 Å². The van der Waals surface area contributed by atoms with Crippen LogP contribution >= 0.6 is 0 Å². The standard InChI is InChI=1S/C11H10FNO2/c12-10-6-9(4-3-8(10)7-14)13-5-1-2-11(13)15/h3-4,6-7H,1-2,5H2. The van der Waals surface area contributed by atoms with Gasteiger partial charge in [-0.2, -0.15) is 0 Å². The minimum Gasteiger partial charge on any atom is -0.312 e. The van der Waals surface area contributed by atoms with Gasteiger partial charge >= 0.3 is 0 Å². The second-order valence-corrected chi connectivity index (χ2v) is 3.47. The van der Waals surface area contributed by atoms with E-state index in [-0.39, 0.29) is 11.5 Å². The predicted octanol–water partition coefficient (Wildman–Crippen LogP) is 1.76. The van der Waals surface area contributed by atoms with E-state index in [4.69, 9.17) is 0 Å². The van der Waals surface area contributed by atoms with Gasteiger partial charge in [0.15, 0.2) is 6.29 Å². The summed E-state index contributed by atoms with van der Waals surface area (Å²) in [6.45, 7) is 0.624. The van der Waals surface area contributed by atoms with Gasteiger partial charge in [-0.3, -0.25) is 9.59 Å². The molecule has 0 aromatic heterocycles. The fraction of sp³-hybridized carbons (Fsp3) is 0.273. The zero-order valence-corrected chi connectivity index (χ0v) is 8.07. The van der Waals surface area contributed by atoms with Gasteiger partial charge in [-0.05, 0) is 24.6 Å². The van der Waals surface area contributed by atoms with E-state index in [9.17, 15) is 14.0 Å². The van der Waals surface area contributed by atoms with Crippen molar-refractivity contribution < 1.29 is 14.0 Å². The average molecular weight is 207 g/mol. The Morgan fingerprint density at radius 2 is 2.20 bits per heavy atom. The molecular formula is C11H10FNO2. The molecule has 1 saturated heterocycles. The van der Waals surface area contributed by atoms with Crippen LogP contribution in [0.1, 0.15) is 23.2 Å². The predicted molar refractivity (Wildman–Crippen MR) is 53.4 cm³/mol. The first-order valence-electron chi connectivity index (χ1n) is 4.77. The molecule has 4 heteroatoms. The van der Waals surface area contributed by atoms with E-state index < -0.39 is 5.82 Å². The number of anilines is 1. The lowest BCUT2D eigenvalue weighted by Gasteiger charge is -2.15. The number of carbonyl (C=O) groups excluding carboxylic acids is 2. The molecule has 2 rings (SSSR count). The summed E-state index contributed by atoms with van der Waals surface area (Å²) in [5.74, 6) is -0.574. The minimum atomic E-state index is -0.581. The van der Waals surface area contributed by atoms with E-state index in [2.05, 4.69) is 0 Å². The van der Waals surface area contributed by atoms with Crippen LogP contribution in [0.5, 0.6) is 0 Å². The van der Waals surface area contributed by atoms with Crippen molar-refractivity contribution in [3.8, 4) is 0 Å². The van der Waals surface area contributed by atoms with Crippen molar-refractivity contribution in [2.75, 3.05) is 11.4 Å². The summed E-state index contributed by atoms with van der Waals surface area (Å²) >= 11 is 0. The number of hydrogen-bond acceptors (Lipinski definition) is 2. The number of amides is 1. The minimum absolute atomic E-state index is 0.00764. The van der Waals surface area contributed by atoms with Crippen molar-refractivity contribution in [1.29, 1.82) is 0 Å². The number of benzene rings is 1. The van der Waals surface area contributed by atoms with Crippen molar-refractivity contribution in [3.05, 3.63) is 29.6 Å². The van der Waals surface area contributed by atoms with E-state index in [0.717, 1.165) is 6.42 Å². The molecule has 0 radical (unpaired) electrons. The molecular weight excluding hydrogens is 197 g/mol. The molecule has 1 heterocycles. The molecule has 0 unspecified atom stereocenters. The van der Waals surface area contributed by atoms with Crippen molar-refractivity contribution >= 4 is 17.9 Å². The quantitative estimate of drug-likeness (QED) is 0.693. The summed E-state index contributed by atoms with van der Waals surface area (Å²) < 4.78 is 13.3. The molecule has 1 aromatic rings. The Morgan fingerprint density at radius 1 is 1.40 bits per heavy atom. The average Bonchev–Trinajstić information content (AvgIpc) is 2.64. The lowest BCUT2D eigenvalue weighted by Crippen LogP contribution is -2.23. The van der Waals surface area contributed by atoms with Crippen molar-refractivity contribution in [2.45, 2.75) is 12.8 Å². The highest BCUT2D eigenvalue weighted by atomic mass is 19.1. The maximum absolute atomic E-state index is 13.3. The Labute approximate surface area is 86.5 Å². The highest BCUT2D eigenvalue weighted by Gasteiger charge is 2.22. The summed E-state index contributed by atoms with van der Waals surface area (Å²) in [5.41, 5.74) is 0.547. The molecule has 3 nitrogen and oxygen atoms in total. The molecule has 78 valence electrons. The molecule has 0 aliphatic carbocycles. The van der Waals surface area contributed by atoms with Gasteiger partial charge in [0.2, 0.25) is 5.91 Å². The van der Waals surface area contributed by atoms with Crippen molar-refractivity contribution in [2.24, 2.45) is 0 Å². The molecule has 15 heavy (non-hydrogen) atoms. The smallest absolute Gasteiger partial charge is 0.227 e. The molecule has 0 saturated carbocycles. The molecule has 1 fully saturated rings. The number of carbonyl (C=O) groups is 2. The second kappa shape index (κ2) is 3.81. The van der Waals surface area contributed by atoms with Gasteiger partial charge in [0.05, 0.1) is 5.56 Å². The molecule has 0 bridgehead atoms. The van der Waals surface area contributed by atoms with Gasteiger partial charge in [0.1, 0.15) is 5.82 Å². The second-order valence-electron chi connectivity index (χ2n) is 3.47. The third kappa shape index (κ3) is 1.75. The normalized spacial score (nSPS) is 15.8. The SMILES string of the molecule is O=Cc1ccc(N2CCCC2=O)cc1F. The van der Waals surface area contributed by atoms with E-state index in [1.165, 1.54) is 17.0 Å². The lowest BCUT2D eigenvalue weighted by molar-refractivity contribution is -0.117. The Bertz CT molecular complexity index is 417. The number of rotatable bonds is 2. The van der Waals surface area contributed by atoms with Crippen LogP contribution in [0.15, 0.2) is 18.2 Å². The van der Waals surface area contributed by atoms with E-state index in [0.29, 0.717) is 24.9 Å². The van der Waals surface area contributed by atoms with Crippen LogP contribution in [0.25, 0.3) is 0 Å². The molecule has 1 aliphatic rings. The third-order valence-corrected chi connectivity index (χ3v) is 2.50. The van der Waals surface area contributed by atoms with E-state index in [1.807, 2.05) is 0 Å². The summed E-state index contributed by atoms with van der Waals surface area (Å²) in [6.07, 6.45) is 1.78.